The Balaban J connectivity index is 1.67. The monoisotopic (exact) mass is 326 g/mol. The summed E-state index contributed by atoms with van der Waals surface area (Å²) in [6, 6.07) is 17.3. The van der Waals surface area contributed by atoms with Crippen LogP contribution in [-0.4, -0.2) is 7.11 Å². The van der Waals surface area contributed by atoms with Gasteiger partial charge in [0.2, 0.25) is 0 Å². The summed E-state index contributed by atoms with van der Waals surface area (Å²) in [5, 5.41) is 0. The molecule has 0 saturated heterocycles. The maximum absolute atomic E-state index is 5.69. The molecule has 1 aliphatic rings. The van der Waals surface area contributed by atoms with Gasteiger partial charge < -0.3 is 4.74 Å². The average molecular weight is 327 g/mol. The molecule has 0 N–H and O–H groups in total. The van der Waals surface area contributed by atoms with Crippen LogP contribution in [0.4, 0.5) is 0 Å². The molecule has 0 aromatic heterocycles. The summed E-state index contributed by atoms with van der Waals surface area (Å²) in [6.07, 6.45) is 7.15. The number of rotatable bonds is 4. The molecule has 0 radical (unpaired) electrons. The molecule has 3 rings (SSSR count). The molecule has 0 amide bonds. The number of ether oxygens (including phenoxy) is 1. The van der Waals surface area contributed by atoms with E-state index in [0.717, 1.165) is 5.75 Å². The van der Waals surface area contributed by atoms with Crippen molar-refractivity contribution in [3.05, 3.63) is 65.7 Å². The molecule has 0 aliphatic heterocycles. The first-order valence-corrected chi connectivity index (χ1v) is 8.75. The van der Waals surface area contributed by atoms with E-state index in [9.17, 15) is 0 Å². The van der Waals surface area contributed by atoms with Crippen molar-refractivity contribution in [1.29, 1.82) is 0 Å². The zero-order valence-corrected chi connectivity index (χ0v) is 14.3. The van der Waals surface area contributed by atoms with Crippen LogP contribution in [0.1, 0.15) is 37.2 Å². The predicted molar refractivity (Wildman–Crippen MR) is 98.1 cm³/mol. The van der Waals surface area contributed by atoms with Crippen molar-refractivity contribution in [3.8, 4) is 16.9 Å². The molecule has 0 unspecified atom stereocenters. The molecular weight excluding hydrogens is 304 g/mol. The summed E-state index contributed by atoms with van der Waals surface area (Å²) in [7, 11) is 1.70. The summed E-state index contributed by atoms with van der Waals surface area (Å²) in [6.45, 7) is 0. The van der Waals surface area contributed by atoms with E-state index in [1.807, 2.05) is 12.1 Å². The van der Waals surface area contributed by atoms with Crippen LogP contribution in [0, 0.1) is 5.92 Å². The molecule has 0 heterocycles. The van der Waals surface area contributed by atoms with Crippen LogP contribution in [-0.2, 0) is 0 Å². The summed E-state index contributed by atoms with van der Waals surface area (Å²) in [4.78, 5) is 0. The van der Waals surface area contributed by atoms with Crippen molar-refractivity contribution in [2.75, 3.05) is 7.11 Å². The second-order valence-electron chi connectivity index (χ2n) is 6.28. The van der Waals surface area contributed by atoms with Gasteiger partial charge in [0.15, 0.2) is 0 Å². The van der Waals surface area contributed by atoms with Crippen molar-refractivity contribution in [3.63, 3.8) is 0 Å². The zero-order chi connectivity index (χ0) is 16.1. The molecule has 2 aromatic rings. The van der Waals surface area contributed by atoms with Gasteiger partial charge in [-0.1, -0.05) is 54.1 Å². The molecule has 1 fully saturated rings. The third kappa shape index (κ3) is 3.97. The summed E-state index contributed by atoms with van der Waals surface area (Å²) < 4.78 is 5.22. The van der Waals surface area contributed by atoms with Crippen molar-refractivity contribution in [2.45, 2.75) is 31.6 Å². The Labute approximate surface area is 143 Å². The molecule has 120 valence electrons. The number of halogens is 1. The fourth-order valence-corrected chi connectivity index (χ4v) is 3.68. The van der Waals surface area contributed by atoms with Crippen molar-refractivity contribution < 1.29 is 4.74 Å². The summed E-state index contributed by atoms with van der Waals surface area (Å²) in [5.41, 5.74) is 5.63. The van der Waals surface area contributed by atoms with Crippen molar-refractivity contribution >= 4 is 11.6 Å². The van der Waals surface area contributed by atoms with Gasteiger partial charge in [-0.05, 0) is 66.3 Å². The molecule has 1 saturated carbocycles. The topological polar surface area (TPSA) is 9.23 Å². The first kappa shape index (κ1) is 16.1. The fourth-order valence-electron chi connectivity index (χ4n) is 3.48. The van der Waals surface area contributed by atoms with E-state index in [0.29, 0.717) is 11.8 Å². The van der Waals surface area contributed by atoms with Gasteiger partial charge in [-0.3, -0.25) is 0 Å². The van der Waals surface area contributed by atoms with Gasteiger partial charge in [0, 0.05) is 5.54 Å². The lowest BCUT2D eigenvalue weighted by molar-refractivity contribution is 0.376. The number of hydrogen-bond donors (Lipinski definition) is 0. The minimum absolute atomic E-state index is 0.669. The Bertz CT molecular complexity index is 635. The largest absolute Gasteiger partial charge is 0.497 e. The SMILES string of the molecule is COc1ccc(-c2ccc(C3CCC(/C=C/Cl)CC3)cc2)cc1. The van der Waals surface area contributed by atoms with Gasteiger partial charge in [0.25, 0.3) is 0 Å². The fraction of sp³-hybridized carbons (Fsp3) is 0.333. The molecule has 0 atom stereocenters. The van der Waals surface area contributed by atoms with Gasteiger partial charge >= 0.3 is 0 Å². The van der Waals surface area contributed by atoms with Crippen LogP contribution < -0.4 is 4.74 Å². The van der Waals surface area contributed by atoms with Crippen LogP contribution in [0.5, 0.6) is 5.75 Å². The Morgan fingerprint density at radius 2 is 1.43 bits per heavy atom. The van der Waals surface area contributed by atoms with E-state index in [4.69, 9.17) is 16.3 Å². The number of allylic oxidation sites excluding steroid dienone is 1. The van der Waals surface area contributed by atoms with Gasteiger partial charge in [0.05, 0.1) is 7.11 Å². The van der Waals surface area contributed by atoms with Crippen LogP contribution in [0.3, 0.4) is 0 Å². The van der Waals surface area contributed by atoms with Gasteiger partial charge in [-0.25, -0.2) is 0 Å². The highest BCUT2D eigenvalue weighted by atomic mass is 35.5. The third-order valence-electron chi connectivity index (χ3n) is 4.92. The zero-order valence-electron chi connectivity index (χ0n) is 13.5. The quantitative estimate of drug-likeness (QED) is 0.632. The highest BCUT2D eigenvalue weighted by Crippen LogP contribution is 2.37. The van der Waals surface area contributed by atoms with Gasteiger partial charge in [-0.2, -0.15) is 0 Å². The Hall–Kier alpha value is -1.73. The molecule has 23 heavy (non-hydrogen) atoms. The smallest absolute Gasteiger partial charge is 0.118 e. The summed E-state index contributed by atoms with van der Waals surface area (Å²) >= 11 is 5.69. The first-order chi connectivity index (χ1) is 11.3. The molecular formula is C21H23ClO. The normalized spacial score (nSPS) is 21.5. The maximum atomic E-state index is 5.69. The highest BCUT2D eigenvalue weighted by Gasteiger charge is 2.20. The first-order valence-electron chi connectivity index (χ1n) is 8.31. The van der Waals surface area contributed by atoms with Crippen molar-refractivity contribution in [2.24, 2.45) is 5.92 Å². The highest BCUT2D eigenvalue weighted by molar-refractivity contribution is 6.25. The van der Waals surface area contributed by atoms with E-state index in [1.54, 1.807) is 12.6 Å². The van der Waals surface area contributed by atoms with Crippen molar-refractivity contribution in [1.82, 2.24) is 0 Å². The maximum Gasteiger partial charge on any atom is 0.118 e. The van der Waals surface area contributed by atoms with Crippen LogP contribution in [0.25, 0.3) is 11.1 Å². The minimum atomic E-state index is 0.669. The minimum Gasteiger partial charge on any atom is -0.497 e. The number of hydrogen-bond acceptors (Lipinski definition) is 1. The van der Waals surface area contributed by atoms with E-state index >= 15 is 0 Å². The number of benzene rings is 2. The second kappa shape index (κ2) is 7.70. The van der Waals surface area contributed by atoms with E-state index in [-0.39, 0.29) is 0 Å². The Morgan fingerprint density at radius 1 is 0.870 bits per heavy atom. The lowest BCUT2D eigenvalue weighted by Gasteiger charge is -2.27. The lowest BCUT2D eigenvalue weighted by atomic mass is 9.78. The lowest BCUT2D eigenvalue weighted by Crippen LogP contribution is -2.11. The summed E-state index contributed by atoms with van der Waals surface area (Å²) in [5.74, 6) is 2.26. The standard InChI is InChI=1S/C21H23ClO/c1-23-21-12-10-20(11-13-21)19-8-6-18(7-9-19)17-4-2-16(3-5-17)14-15-22/h6-17H,2-5H2,1H3/b15-14+. The third-order valence-corrected chi connectivity index (χ3v) is 5.07. The molecule has 2 aromatic carbocycles. The van der Waals surface area contributed by atoms with E-state index in [1.165, 1.54) is 42.4 Å². The predicted octanol–water partition coefficient (Wildman–Crippen LogP) is 6.39. The van der Waals surface area contributed by atoms with Gasteiger partial charge in [0.1, 0.15) is 5.75 Å². The van der Waals surface area contributed by atoms with E-state index in [2.05, 4.69) is 42.5 Å². The van der Waals surface area contributed by atoms with Crippen LogP contribution in [0.15, 0.2) is 60.1 Å². The number of methoxy groups -OCH3 is 1. The molecule has 0 spiro atoms. The molecule has 2 heteroatoms. The molecule has 1 aliphatic carbocycles. The molecule has 0 bridgehead atoms. The van der Waals surface area contributed by atoms with E-state index < -0.39 is 0 Å². The van der Waals surface area contributed by atoms with Gasteiger partial charge in [-0.15, -0.1) is 0 Å². The Morgan fingerprint density at radius 3 is 1.96 bits per heavy atom. The second-order valence-corrected chi connectivity index (χ2v) is 6.53. The average Bonchev–Trinajstić information content (AvgIpc) is 2.63. The molecule has 1 nitrogen and oxygen atoms in total. The van der Waals surface area contributed by atoms with Crippen LogP contribution in [0.2, 0.25) is 0 Å². The van der Waals surface area contributed by atoms with Crippen LogP contribution >= 0.6 is 11.6 Å². The Kier molecular flexibility index (Phi) is 5.40.